The van der Waals surface area contributed by atoms with Gasteiger partial charge in [-0.1, -0.05) is 66.2 Å². The van der Waals surface area contributed by atoms with Gasteiger partial charge < -0.3 is 20.3 Å². The highest BCUT2D eigenvalue weighted by Crippen LogP contribution is 2.34. The molecule has 0 heterocycles. The van der Waals surface area contributed by atoms with Gasteiger partial charge in [-0.05, 0) is 69.8 Å². The Balaban J connectivity index is 1.21. The number of ether oxygens (including phenoxy) is 1. The van der Waals surface area contributed by atoms with Gasteiger partial charge >= 0.3 is 11.9 Å². The highest BCUT2D eigenvalue weighted by molar-refractivity contribution is 6.30. The molecule has 1 aliphatic carbocycles. The summed E-state index contributed by atoms with van der Waals surface area (Å²) in [5.41, 5.74) is 3.94. The molecule has 0 fully saturated rings. The molecule has 0 radical (unpaired) electrons. The second kappa shape index (κ2) is 11.2. The minimum Gasteiger partial charge on any atom is -0.489 e. The Hall–Kier alpha value is -4.62. The Morgan fingerprint density at radius 3 is 2.20 bits per heavy atom. The molecule has 202 valence electrons. The van der Waals surface area contributed by atoms with Gasteiger partial charge in [0, 0.05) is 17.9 Å². The summed E-state index contributed by atoms with van der Waals surface area (Å²) in [6, 6.07) is 26.8. The van der Waals surface area contributed by atoms with Gasteiger partial charge in [0.1, 0.15) is 17.9 Å². The highest BCUT2D eigenvalue weighted by Gasteiger charge is 2.45. The molecule has 0 aliphatic heterocycles. The second-order valence-corrected chi connectivity index (χ2v) is 10.3. The van der Waals surface area contributed by atoms with Crippen LogP contribution in [0.2, 0.25) is 5.02 Å². The van der Waals surface area contributed by atoms with Crippen LogP contribution in [0.15, 0.2) is 91.0 Å². The second-order valence-electron chi connectivity index (χ2n) is 9.89. The zero-order chi connectivity index (χ0) is 28.3. The third kappa shape index (κ3) is 6.00. The minimum absolute atomic E-state index is 0.0162. The monoisotopic (exact) mass is 555 g/mol. The van der Waals surface area contributed by atoms with E-state index in [1.165, 1.54) is 6.07 Å². The maximum Gasteiger partial charge on any atom is 0.335 e. The molecule has 3 N–H and O–H groups in total. The van der Waals surface area contributed by atoms with Gasteiger partial charge in [0.05, 0.1) is 12.0 Å². The number of carbonyl (C=O) groups is 3. The smallest absolute Gasteiger partial charge is 0.335 e. The lowest BCUT2D eigenvalue weighted by atomic mass is 9.95. The summed E-state index contributed by atoms with van der Waals surface area (Å²) in [5, 5.41) is 22.7. The number of carboxylic acid groups (broad SMARTS) is 2. The maximum atomic E-state index is 13.0. The molecule has 0 bridgehead atoms. The molecule has 0 saturated carbocycles. The summed E-state index contributed by atoms with van der Waals surface area (Å²) in [5.74, 6) is -1.89. The predicted octanol–water partition coefficient (Wildman–Crippen LogP) is 5.57. The number of rotatable bonds is 9. The van der Waals surface area contributed by atoms with Crippen molar-refractivity contribution in [3.05, 3.63) is 124 Å². The number of hydrogen-bond acceptors (Lipinski definition) is 4. The number of nitrogens with one attached hydrogen (secondary N) is 1. The van der Waals surface area contributed by atoms with Crippen LogP contribution in [0.4, 0.5) is 0 Å². The summed E-state index contributed by atoms with van der Waals surface area (Å²) in [4.78, 5) is 36.5. The zero-order valence-corrected chi connectivity index (χ0v) is 22.1. The molecule has 1 amide bonds. The van der Waals surface area contributed by atoms with E-state index in [9.17, 15) is 19.5 Å². The Labute approximate surface area is 236 Å². The summed E-state index contributed by atoms with van der Waals surface area (Å²) in [6.45, 7) is 0.197. The number of benzene rings is 4. The summed E-state index contributed by atoms with van der Waals surface area (Å²) < 4.78 is 5.75. The van der Waals surface area contributed by atoms with Crippen LogP contribution < -0.4 is 10.1 Å². The molecule has 8 heteroatoms. The highest BCUT2D eigenvalue weighted by atomic mass is 35.5. The van der Waals surface area contributed by atoms with Crippen molar-refractivity contribution in [3.63, 3.8) is 0 Å². The molecule has 0 aromatic heterocycles. The SMILES string of the molecule is O=C(Cc1ccc(OCc2cccc(C(=O)O)c2)cc1)NC1(C(=O)O)Cc2ccc(-c3ccc(Cl)cc3)cc2C1. The maximum absolute atomic E-state index is 13.0. The minimum atomic E-state index is -1.41. The lowest BCUT2D eigenvalue weighted by Gasteiger charge is -2.25. The van der Waals surface area contributed by atoms with E-state index in [-0.39, 0.29) is 37.3 Å². The quantitative estimate of drug-likeness (QED) is 0.249. The normalized spacial score (nSPS) is 15.7. The Morgan fingerprint density at radius 2 is 1.50 bits per heavy atom. The van der Waals surface area contributed by atoms with Gasteiger partial charge in [-0.3, -0.25) is 4.79 Å². The first-order valence-electron chi connectivity index (χ1n) is 12.7. The van der Waals surface area contributed by atoms with Crippen molar-refractivity contribution in [1.29, 1.82) is 0 Å². The van der Waals surface area contributed by atoms with Crippen molar-refractivity contribution in [2.75, 3.05) is 0 Å². The third-order valence-corrected chi connectivity index (χ3v) is 7.28. The van der Waals surface area contributed by atoms with Crippen molar-refractivity contribution >= 4 is 29.4 Å². The molecule has 7 nitrogen and oxygen atoms in total. The van der Waals surface area contributed by atoms with Gasteiger partial charge in [-0.25, -0.2) is 9.59 Å². The summed E-state index contributed by atoms with van der Waals surface area (Å²) >= 11 is 6.00. The van der Waals surface area contributed by atoms with Crippen molar-refractivity contribution in [3.8, 4) is 16.9 Å². The molecule has 1 unspecified atom stereocenters. The number of halogens is 1. The van der Waals surface area contributed by atoms with Crippen LogP contribution in [0.3, 0.4) is 0 Å². The van der Waals surface area contributed by atoms with Crippen LogP contribution in [0.5, 0.6) is 5.75 Å². The third-order valence-electron chi connectivity index (χ3n) is 7.02. The van der Waals surface area contributed by atoms with Crippen molar-refractivity contribution in [1.82, 2.24) is 5.32 Å². The van der Waals surface area contributed by atoms with Crippen LogP contribution in [0.1, 0.15) is 32.6 Å². The number of carboxylic acids is 2. The van der Waals surface area contributed by atoms with Gasteiger partial charge in [-0.15, -0.1) is 0 Å². The molecule has 4 aromatic carbocycles. The average Bonchev–Trinajstić information content (AvgIpc) is 3.32. The standard InChI is InChI=1S/C32H26ClNO6/c33-27-10-8-22(9-11-27)23-6-7-25-17-32(31(38)39,18-26(25)16-23)34-29(35)15-20-4-12-28(13-5-20)40-19-21-2-1-3-24(14-21)30(36)37/h1-14,16H,15,17-19H2,(H,34,35)(H,36,37)(H,38,39). The topological polar surface area (TPSA) is 113 Å². The lowest BCUT2D eigenvalue weighted by molar-refractivity contribution is -0.147. The fourth-order valence-electron chi connectivity index (χ4n) is 4.95. The molecular formula is C32H26ClNO6. The van der Waals surface area contributed by atoms with E-state index in [0.717, 1.165) is 27.8 Å². The van der Waals surface area contributed by atoms with Gasteiger partial charge in [0.2, 0.25) is 5.91 Å². The Bertz CT molecular complexity index is 1580. The number of hydrogen-bond donors (Lipinski definition) is 3. The molecule has 5 rings (SSSR count). The molecule has 4 aromatic rings. The van der Waals surface area contributed by atoms with Crippen molar-refractivity contribution < 1.29 is 29.3 Å². The summed E-state index contributed by atoms with van der Waals surface area (Å²) in [7, 11) is 0. The van der Waals surface area contributed by atoms with Crippen molar-refractivity contribution in [2.24, 2.45) is 0 Å². The van der Waals surface area contributed by atoms with Gasteiger partial charge in [-0.2, -0.15) is 0 Å². The first kappa shape index (κ1) is 27.0. The van der Waals surface area contributed by atoms with Crippen LogP contribution in [0, 0.1) is 0 Å². The van der Waals surface area contributed by atoms with E-state index in [1.807, 2.05) is 42.5 Å². The van der Waals surface area contributed by atoms with E-state index in [1.54, 1.807) is 42.5 Å². The van der Waals surface area contributed by atoms with Gasteiger partial charge in [0.15, 0.2) is 0 Å². The number of amides is 1. The van der Waals surface area contributed by atoms with Crippen LogP contribution in [0.25, 0.3) is 11.1 Å². The lowest BCUT2D eigenvalue weighted by Crippen LogP contribution is -2.55. The zero-order valence-electron chi connectivity index (χ0n) is 21.4. The Morgan fingerprint density at radius 1 is 0.800 bits per heavy atom. The number of fused-ring (bicyclic) bond motifs is 1. The van der Waals surface area contributed by atoms with E-state index < -0.39 is 17.5 Å². The van der Waals surface area contributed by atoms with E-state index >= 15 is 0 Å². The van der Waals surface area contributed by atoms with Crippen LogP contribution >= 0.6 is 11.6 Å². The van der Waals surface area contributed by atoms with Crippen LogP contribution in [-0.4, -0.2) is 33.6 Å². The van der Waals surface area contributed by atoms with Gasteiger partial charge in [0.25, 0.3) is 0 Å². The molecule has 1 atom stereocenters. The largest absolute Gasteiger partial charge is 0.489 e. The van der Waals surface area contributed by atoms with E-state index in [4.69, 9.17) is 21.4 Å². The number of aliphatic carboxylic acids is 1. The van der Waals surface area contributed by atoms with E-state index in [0.29, 0.717) is 16.3 Å². The summed E-state index contributed by atoms with van der Waals surface area (Å²) in [6.07, 6.45) is 0.420. The Kier molecular flexibility index (Phi) is 7.58. The molecule has 0 spiro atoms. The fourth-order valence-corrected chi connectivity index (χ4v) is 5.08. The van der Waals surface area contributed by atoms with Crippen LogP contribution in [-0.2, 0) is 35.5 Å². The fraction of sp³-hybridized carbons (Fsp3) is 0.156. The van der Waals surface area contributed by atoms with E-state index in [2.05, 4.69) is 5.32 Å². The number of aromatic carboxylic acids is 1. The molecule has 40 heavy (non-hydrogen) atoms. The molecular weight excluding hydrogens is 530 g/mol. The number of carbonyl (C=O) groups excluding carboxylic acids is 1. The first-order valence-corrected chi connectivity index (χ1v) is 13.0. The molecule has 0 saturated heterocycles. The molecule has 1 aliphatic rings. The average molecular weight is 556 g/mol. The van der Waals surface area contributed by atoms with Crippen molar-refractivity contribution in [2.45, 2.75) is 31.4 Å². The first-order chi connectivity index (χ1) is 19.2. The predicted molar refractivity (Wildman–Crippen MR) is 151 cm³/mol.